The lowest BCUT2D eigenvalue weighted by Crippen LogP contribution is -2.33. The first-order valence-corrected chi connectivity index (χ1v) is 10.2. The first-order valence-electron chi connectivity index (χ1n) is 10.2. The zero-order chi connectivity index (χ0) is 21.8. The summed E-state index contributed by atoms with van der Waals surface area (Å²) in [5.41, 5.74) is 1.59. The van der Waals surface area contributed by atoms with Crippen LogP contribution in [0.3, 0.4) is 0 Å². The molecule has 0 bridgehead atoms. The molecule has 0 aliphatic carbocycles. The van der Waals surface area contributed by atoms with E-state index in [4.69, 9.17) is 0 Å². The summed E-state index contributed by atoms with van der Waals surface area (Å²) in [6.45, 7) is 7.46. The van der Waals surface area contributed by atoms with E-state index in [1.165, 1.54) is 4.90 Å². The number of amides is 1. The molecule has 2 aromatic carbocycles. The van der Waals surface area contributed by atoms with Gasteiger partial charge in [-0.3, -0.25) is 4.79 Å². The van der Waals surface area contributed by atoms with Crippen molar-refractivity contribution < 1.29 is 18.0 Å². The van der Waals surface area contributed by atoms with Crippen LogP contribution in [0.5, 0.6) is 0 Å². The average Bonchev–Trinajstić information content (AvgIpc) is 3.05. The Labute approximate surface area is 174 Å². The molecule has 1 aromatic heterocycles. The summed E-state index contributed by atoms with van der Waals surface area (Å²) >= 11 is 0. The summed E-state index contributed by atoms with van der Waals surface area (Å²) < 4.78 is 42.8. The van der Waals surface area contributed by atoms with Gasteiger partial charge in [0.05, 0.1) is 17.6 Å². The number of aryl methyl sites for hydroxylation is 1. The molecule has 0 aliphatic rings. The Morgan fingerprint density at radius 2 is 1.80 bits per heavy atom. The van der Waals surface area contributed by atoms with Gasteiger partial charge in [0.25, 0.3) is 5.91 Å². The fraction of sp³-hybridized carbons (Fsp3) is 0.391. The molecule has 0 saturated carbocycles. The molecule has 160 valence electrons. The van der Waals surface area contributed by atoms with Gasteiger partial charge in [-0.1, -0.05) is 32.9 Å². The van der Waals surface area contributed by atoms with Crippen LogP contribution in [-0.4, -0.2) is 26.9 Å². The Morgan fingerprint density at radius 1 is 1.13 bits per heavy atom. The van der Waals surface area contributed by atoms with Gasteiger partial charge >= 0.3 is 0 Å². The minimum Gasteiger partial charge on any atom is -0.331 e. The van der Waals surface area contributed by atoms with Crippen LogP contribution in [0.1, 0.15) is 49.8 Å². The molecule has 0 N–H and O–H groups in total. The minimum atomic E-state index is -1.58. The fourth-order valence-electron chi connectivity index (χ4n) is 3.42. The third-order valence-electron chi connectivity index (χ3n) is 5.01. The topological polar surface area (TPSA) is 38.1 Å². The van der Waals surface area contributed by atoms with Crippen molar-refractivity contribution in [3.8, 4) is 0 Å². The lowest BCUT2D eigenvalue weighted by atomic mass is 10.1. The molecular weight excluding hydrogens is 391 g/mol. The number of hydrogen-bond donors (Lipinski definition) is 0. The van der Waals surface area contributed by atoms with E-state index in [-0.39, 0.29) is 12.1 Å². The maximum absolute atomic E-state index is 13.7. The second-order valence-electron chi connectivity index (χ2n) is 7.83. The van der Waals surface area contributed by atoms with Gasteiger partial charge in [-0.2, -0.15) is 0 Å². The second kappa shape index (κ2) is 9.32. The normalized spacial score (nSPS) is 11.4. The van der Waals surface area contributed by atoms with Crippen LogP contribution < -0.4 is 0 Å². The van der Waals surface area contributed by atoms with Crippen molar-refractivity contribution in [3.63, 3.8) is 0 Å². The van der Waals surface area contributed by atoms with Gasteiger partial charge in [-0.15, -0.1) is 0 Å². The Hall–Kier alpha value is -2.83. The van der Waals surface area contributed by atoms with Crippen LogP contribution in [0.15, 0.2) is 36.4 Å². The quantitative estimate of drug-likeness (QED) is 0.451. The number of para-hydroxylation sites is 2. The third-order valence-corrected chi connectivity index (χ3v) is 5.01. The van der Waals surface area contributed by atoms with E-state index in [1.54, 1.807) is 0 Å². The van der Waals surface area contributed by atoms with E-state index < -0.39 is 23.4 Å². The molecule has 1 amide bonds. The van der Waals surface area contributed by atoms with Crippen molar-refractivity contribution >= 4 is 16.9 Å². The van der Waals surface area contributed by atoms with E-state index >= 15 is 0 Å². The summed E-state index contributed by atoms with van der Waals surface area (Å²) in [7, 11) is 0. The predicted octanol–water partition coefficient (Wildman–Crippen LogP) is 5.55. The molecule has 0 unspecified atom stereocenters. The zero-order valence-electron chi connectivity index (χ0n) is 17.5. The summed E-state index contributed by atoms with van der Waals surface area (Å²) in [6.07, 6.45) is 1.60. The van der Waals surface area contributed by atoms with Crippen LogP contribution >= 0.6 is 0 Å². The van der Waals surface area contributed by atoms with Gasteiger partial charge in [-0.05, 0) is 43.0 Å². The lowest BCUT2D eigenvalue weighted by Gasteiger charge is -2.24. The van der Waals surface area contributed by atoms with Gasteiger partial charge in [0.1, 0.15) is 5.82 Å². The number of nitrogens with zero attached hydrogens (tertiary/aromatic N) is 3. The highest BCUT2D eigenvalue weighted by Crippen LogP contribution is 2.21. The molecular formula is C23H26F3N3O. The Kier molecular flexibility index (Phi) is 6.80. The maximum Gasteiger partial charge on any atom is 0.254 e. The zero-order valence-corrected chi connectivity index (χ0v) is 17.5. The molecule has 30 heavy (non-hydrogen) atoms. The molecule has 0 fully saturated rings. The smallest absolute Gasteiger partial charge is 0.254 e. The van der Waals surface area contributed by atoms with Crippen LogP contribution in [0.25, 0.3) is 11.0 Å². The molecule has 7 heteroatoms. The van der Waals surface area contributed by atoms with Crippen molar-refractivity contribution in [2.75, 3.05) is 6.54 Å². The maximum atomic E-state index is 13.7. The molecule has 0 aliphatic heterocycles. The van der Waals surface area contributed by atoms with Crippen LogP contribution in [0, 0.1) is 23.4 Å². The SMILES string of the molecule is CCCn1c(CN(CCC(C)C)C(=O)c2cc(F)c(F)c(F)c2)nc2ccccc21. The highest BCUT2D eigenvalue weighted by molar-refractivity contribution is 5.94. The molecule has 0 spiro atoms. The number of benzene rings is 2. The number of halogens is 3. The van der Waals surface area contributed by atoms with E-state index in [0.717, 1.165) is 36.1 Å². The molecule has 0 atom stereocenters. The van der Waals surface area contributed by atoms with Crippen molar-refractivity contribution in [3.05, 3.63) is 65.2 Å². The molecule has 4 nitrogen and oxygen atoms in total. The first kappa shape index (κ1) is 21.9. The summed E-state index contributed by atoms with van der Waals surface area (Å²) in [6, 6.07) is 9.23. The monoisotopic (exact) mass is 417 g/mol. The lowest BCUT2D eigenvalue weighted by molar-refractivity contribution is 0.0728. The number of aromatic nitrogens is 2. The number of fused-ring (bicyclic) bond motifs is 1. The Morgan fingerprint density at radius 3 is 2.43 bits per heavy atom. The van der Waals surface area contributed by atoms with Gasteiger partial charge in [0.2, 0.25) is 0 Å². The largest absolute Gasteiger partial charge is 0.331 e. The standard InChI is InChI=1S/C23H26F3N3O/c1-4-10-29-20-8-6-5-7-19(20)27-21(29)14-28(11-9-15(2)3)23(30)16-12-17(24)22(26)18(25)13-16/h5-8,12-13,15H,4,9-11,14H2,1-3H3. The Bertz CT molecular complexity index is 1020. The number of carbonyl (C=O) groups is 1. The van der Waals surface area contributed by atoms with Crippen LogP contribution in [0.2, 0.25) is 0 Å². The predicted molar refractivity (Wildman–Crippen MR) is 111 cm³/mol. The third kappa shape index (κ3) is 4.66. The highest BCUT2D eigenvalue weighted by atomic mass is 19.2. The number of rotatable bonds is 8. The van der Waals surface area contributed by atoms with Crippen molar-refractivity contribution in [1.82, 2.24) is 14.5 Å². The van der Waals surface area contributed by atoms with Gasteiger partial charge in [-0.25, -0.2) is 18.2 Å². The Balaban J connectivity index is 1.97. The van der Waals surface area contributed by atoms with Crippen molar-refractivity contribution in [1.29, 1.82) is 0 Å². The molecule has 3 rings (SSSR count). The highest BCUT2D eigenvalue weighted by Gasteiger charge is 2.23. The van der Waals surface area contributed by atoms with E-state index in [0.29, 0.717) is 24.7 Å². The molecule has 3 aromatic rings. The fourth-order valence-corrected chi connectivity index (χ4v) is 3.42. The van der Waals surface area contributed by atoms with Crippen LogP contribution in [-0.2, 0) is 13.1 Å². The van der Waals surface area contributed by atoms with Crippen molar-refractivity contribution in [2.24, 2.45) is 5.92 Å². The van der Waals surface area contributed by atoms with Crippen LogP contribution in [0.4, 0.5) is 13.2 Å². The summed E-state index contributed by atoms with van der Waals surface area (Å²) in [5, 5.41) is 0. The van der Waals surface area contributed by atoms with Gasteiger partial charge < -0.3 is 9.47 Å². The van der Waals surface area contributed by atoms with Gasteiger partial charge in [0.15, 0.2) is 17.5 Å². The molecule has 1 heterocycles. The van der Waals surface area contributed by atoms with E-state index in [2.05, 4.69) is 16.5 Å². The van der Waals surface area contributed by atoms with Gasteiger partial charge in [0, 0.05) is 18.7 Å². The first-order chi connectivity index (χ1) is 14.3. The average molecular weight is 417 g/mol. The molecule has 0 radical (unpaired) electrons. The minimum absolute atomic E-state index is 0.195. The van der Waals surface area contributed by atoms with E-state index in [1.807, 2.05) is 38.1 Å². The van der Waals surface area contributed by atoms with Crippen molar-refractivity contribution in [2.45, 2.75) is 46.7 Å². The molecule has 0 saturated heterocycles. The summed E-state index contributed by atoms with van der Waals surface area (Å²) in [5.74, 6) is -3.84. The number of carbonyl (C=O) groups excluding carboxylic acids is 1. The summed E-state index contributed by atoms with van der Waals surface area (Å²) in [4.78, 5) is 19.3. The number of imidazole rings is 1. The van der Waals surface area contributed by atoms with E-state index in [9.17, 15) is 18.0 Å². The second-order valence-corrected chi connectivity index (χ2v) is 7.83. The number of hydrogen-bond acceptors (Lipinski definition) is 2.